The number of hydrogen-bond donors (Lipinski definition) is 2. The van der Waals surface area contributed by atoms with Gasteiger partial charge < -0.3 is 15.8 Å². The Bertz CT molecular complexity index is 644. The average molecular weight is 349 g/mol. The fourth-order valence-corrected chi connectivity index (χ4v) is 2.23. The van der Waals surface area contributed by atoms with Gasteiger partial charge in [0.1, 0.15) is 6.61 Å². The molecule has 0 atom stereocenters. The number of nitrogen functional groups attached to an aromatic ring is 1. The average Bonchev–Trinajstić information content (AvgIpc) is 2.45. The number of nitrogens with two attached hydrogens (primary N) is 1. The van der Waals surface area contributed by atoms with Gasteiger partial charge in [-0.05, 0) is 36.2 Å². The Kier molecular flexibility index (Phi) is 5.36. The zero-order valence-corrected chi connectivity index (χ0v) is 13.3. The fraction of sp³-hybridized carbons (Fsp3) is 0.188. The molecule has 1 amide bonds. The Morgan fingerprint density at radius 1 is 1.29 bits per heavy atom. The van der Waals surface area contributed by atoms with Crippen LogP contribution in [0.5, 0.6) is 0 Å². The second kappa shape index (κ2) is 7.24. The van der Waals surface area contributed by atoms with Gasteiger partial charge in [-0.1, -0.05) is 40.2 Å². The highest BCUT2D eigenvalue weighted by molar-refractivity contribution is 9.10. The monoisotopic (exact) mass is 348 g/mol. The van der Waals surface area contributed by atoms with Gasteiger partial charge in [-0.3, -0.25) is 4.79 Å². The molecule has 0 fully saturated rings. The van der Waals surface area contributed by atoms with Crippen molar-refractivity contribution in [3.8, 4) is 0 Å². The summed E-state index contributed by atoms with van der Waals surface area (Å²) in [5.41, 5.74) is 9.00. The number of rotatable bonds is 5. The maximum absolute atomic E-state index is 11.9. The summed E-state index contributed by atoms with van der Waals surface area (Å²) in [5.74, 6) is -0.198. The molecule has 2 aromatic rings. The predicted molar refractivity (Wildman–Crippen MR) is 88.0 cm³/mol. The minimum atomic E-state index is -0.198. The molecule has 5 heteroatoms. The van der Waals surface area contributed by atoms with Crippen molar-refractivity contribution in [2.45, 2.75) is 13.5 Å². The van der Waals surface area contributed by atoms with Crippen molar-refractivity contribution in [3.63, 3.8) is 0 Å². The van der Waals surface area contributed by atoms with Crippen molar-refractivity contribution in [2.75, 3.05) is 17.7 Å². The van der Waals surface area contributed by atoms with Crippen LogP contribution < -0.4 is 11.1 Å². The molecule has 0 saturated carbocycles. The van der Waals surface area contributed by atoms with Crippen molar-refractivity contribution in [1.82, 2.24) is 0 Å². The van der Waals surface area contributed by atoms with Crippen LogP contribution in [-0.2, 0) is 16.1 Å². The highest BCUT2D eigenvalue weighted by atomic mass is 79.9. The van der Waals surface area contributed by atoms with Crippen LogP contribution in [0.4, 0.5) is 11.4 Å². The van der Waals surface area contributed by atoms with Gasteiger partial charge in [0.25, 0.3) is 0 Å². The van der Waals surface area contributed by atoms with E-state index in [1.54, 1.807) is 12.1 Å². The molecule has 21 heavy (non-hydrogen) atoms. The number of carbonyl (C=O) groups is 1. The quantitative estimate of drug-likeness (QED) is 0.812. The van der Waals surface area contributed by atoms with Crippen molar-refractivity contribution in [3.05, 3.63) is 58.1 Å². The van der Waals surface area contributed by atoms with E-state index in [2.05, 4.69) is 21.2 Å². The summed E-state index contributed by atoms with van der Waals surface area (Å²) in [6.45, 7) is 2.29. The van der Waals surface area contributed by atoms with E-state index in [0.29, 0.717) is 18.0 Å². The lowest BCUT2D eigenvalue weighted by Crippen LogP contribution is -2.19. The van der Waals surface area contributed by atoms with Crippen molar-refractivity contribution in [2.24, 2.45) is 0 Å². The summed E-state index contributed by atoms with van der Waals surface area (Å²) < 4.78 is 6.40. The highest BCUT2D eigenvalue weighted by Crippen LogP contribution is 2.18. The second-order valence-electron chi connectivity index (χ2n) is 4.71. The number of hydrogen-bond acceptors (Lipinski definition) is 3. The van der Waals surface area contributed by atoms with Crippen LogP contribution in [0.2, 0.25) is 0 Å². The first-order valence-corrected chi connectivity index (χ1v) is 7.32. The SMILES string of the molecule is Cc1ccc(N)cc1NC(=O)COCc1ccccc1Br. The van der Waals surface area contributed by atoms with Gasteiger partial charge in [-0.2, -0.15) is 0 Å². The summed E-state index contributed by atoms with van der Waals surface area (Å²) >= 11 is 3.44. The lowest BCUT2D eigenvalue weighted by atomic mass is 10.2. The topological polar surface area (TPSA) is 64.3 Å². The largest absolute Gasteiger partial charge is 0.399 e. The predicted octanol–water partition coefficient (Wildman–Crippen LogP) is 3.50. The molecule has 0 unspecified atom stereocenters. The zero-order valence-electron chi connectivity index (χ0n) is 11.7. The smallest absolute Gasteiger partial charge is 0.250 e. The molecule has 0 aliphatic carbocycles. The van der Waals surface area contributed by atoms with E-state index in [1.807, 2.05) is 37.3 Å². The Morgan fingerprint density at radius 3 is 2.81 bits per heavy atom. The highest BCUT2D eigenvalue weighted by Gasteiger charge is 2.06. The van der Waals surface area contributed by atoms with Crippen LogP contribution in [0.25, 0.3) is 0 Å². The molecule has 0 spiro atoms. The van der Waals surface area contributed by atoms with Crippen LogP contribution in [0.15, 0.2) is 46.9 Å². The van der Waals surface area contributed by atoms with Gasteiger partial charge in [-0.15, -0.1) is 0 Å². The first kappa shape index (κ1) is 15.5. The fourth-order valence-electron chi connectivity index (χ4n) is 1.83. The number of aryl methyl sites for hydroxylation is 1. The van der Waals surface area contributed by atoms with Crippen LogP contribution >= 0.6 is 15.9 Å². The van der Waals surface area contributed by atoms with Crippen LogP contribution in [0, 0.1) is 6.92 Å². The molecule has 2 aromatic carbocycles. The Labute approximate surface area is 132 Å². The lowest BCUT2D eigenvalue weighted by molar-refractivity contribution is -0.121. The van der Waals surface area contributed by atoms with Gasteiger partial charge >= 0.3 is 0 Å². The molecular formula is C16H17BrN2O2. The van der Waals surface area contributed by atoms with Gasteiger partial charge in [0.2, 0.25) is 5.91 Å². The number of anilines is 2. The molecule has 0 bridgehead atoms. The van der Waals surface area contributed by atoms with E-state index in [-0.39, 0.29) is 12.5 Å². The number of benzene rings is 2. The molecule has 4 nitrogen and oxygen atoms in total. The van der Waals surface area contributed by atoms with Gasteiger partial charge in [0.05, 0.1) is 6.61 Å². The summed E-state index contributed by atoms with van der Waals surface area (Å²) in [5, 5.41) is 2.80. The molecule has 0 saturated heterocycles. The van der Waals surface area contributed by atoms with Gasteiger partial charge in [0.15, 0.2) is 0 Å². The van der Waals surface area contributed by atoms with Crippen molar-refractivity contribution in [1.29, 1.82) is 0 Å². The number of ether oxygens (including phenoxy) is 1. The van der Waals surface area contributed by atoms with Crippen molar-refractivity contribution >= 4 is 33.2 Å². The number of amides is 1. The molecule has 0 radical (unpaired) electrons. The Morgan fingerprint density at radius 2 is 2.05 bits per heavy atom. The number of halogens is 1. The van der Waals surface area contributed by atoms with Gasteiger partial charge in [-0.25, -0.2) is 0 Å². The van der Waals surface area contributed by atoms with Crippen LogP contribution in [0.1, 0.15) is 11.1 Å². The Balaban J connectivity index is 1.85. The third-order valence-electron chi connectivity index (χ3n) is 2.98. The van der Waals surface area contributed by atoms with Crippen LogP contribution in [-0.4, -0.2) is 12.5 Å². The van der Waals surface area contributed by atoms with E-state index in [9.17, 15) is 4.79 Å². The second-order valence-corrected chi connectivity index (χ2v) is 5.56. The summed E-state index contributed by atoms with van der Waals surface area (Å²) in [4.78, 5) is 11.9. The molecular weight excluding hydrogens is 332 g/mol. The first-order chi connectivity index (χ1) is 10.1. The van der Waals surface area contributed by atoms with E-state index < -0.39 is 0 Å². The molecule has 0 aliphatic heterocycles. The third kappa shape index (κ3) is 4.58. The first-order valence-electron chi connectivity index (χ1n) is 6.53. The molecule has 2 rings (SSSR count). The normalized spacial score (nSPS) is 10.4. The van der Waals surface area contributed by atoms with E-state index >= 15 is 0 Å². The van der Waals surface area contributed by atoms with Gasteiger partial charge in [0, 0.05) is 15.8 Å². The van der Waals surface area contributed by atoms with Crippen LogP contribution in [0.3, 0.4) is 0 Å². The lowest BCUT2D eigenvalue weighted by Gasteiger charge is -2.10. The molecule has 3 N–H and O–H groups in total. The minimum Gasteiger partial charge on any atom is -0.399 e. The third-order valence-corrected chi connectivity index (χ3v) is 3.76. The van der Waals surface area contributed by atoms with E-state index in [0.717, 1.165) is 15.6 Å². The van der Waals surface area contributed by atoms with E-state index in [4.69, 9.17) is 10.5 Å². The zero-order chi connectivity index (χ0) is 15.2. The standard InChI is InChI=1S/C16H17BrN2O2/c1-11-6-7-13(18)8-15(11)19-16(20)10-21-9-12-4-2-3-5-14(12)17/h2-8H,9-10,18H2,1H3,(H,19,20). The summed E-state index contributed by atoms with van der Waals surface area (Å²) in [6, 6.07) is 13.2. The molecule has 0 heterocycles. The number of carbonyl (C=O) groups excluding carboxylic acids is 1. The minimum absolute atomic E-state index is 0.00439. The maximum Gasteiger partial charge on any atom is 0.250 e. The maximum atomic E-state index is 11.9. The summed E-state index contributed by atoms with van der Waals surface area (Å²) in [7, 11) is 0. The number of nitrogens with one attached hydrogen (secondary N) is 1. The molecule has 0 aliphatic rings. The van der Waals surface area contributed by atoms with E-state index in [1.165, 1.54) is 0 Å². The molecule has 0 aromatic heterocycles. The Hall–Kier alpha value is -1.85. The van der Waals surface area contributed by atoms with Crippen molar-refractivity contribution < 1.29 is 9.53 Å². The molecule has 110 valence electrons. The summed E-state index contributed by atoms with van der Waals surface area (Å²) in [6.07, 6.45) is 0.